The molecule has 1 saturated heterocycles. The molecular weight excluding hydrogens is 352 g/mol. The van der Waals surface area contributed by atoms with Crippen molar-refractivity contribution in [3.63, 3.8) is 0 Å². The fourth-order valence-corrected chi connectivity index (χ4v) is 5.01. The van der Waals surface area contributed by atoms with Gasteiger partial charge in [0.15, 0.2) is 9.84 Å². The summed E-state index contributed by atoms with van der Waals surface area (Å²) in [6, 6.07) is 6.92. The lowest BCUT2D eigenvalue weighted by molar-refractivity contribution is -0.121. The Bertz CT molecular complexity index is 818. The van der Waals surface area contributed by atoms with Crippen LogP contribution in [-0.2, 0) is 31.2 Å². The molecule has 1 heterocycles. The number of carbonyl (C=O) groups is 1. The summed E-state index contributed by atoms with van der Waals surface area (Å²) < 4.78 is 47.9. The molecule has 1 aliphatic rings. The third-order valence-electron chi connectivity index (χ3n) is 3.99. The Morgan fingerprint density at radius 2 is 2.00 bits per heavy atom. The number of hydrogen-bond donors (Lipinski definition) is 1. The van der Waals surface area contributed by atoms with Gasteiger partial charge in [0.1, 0.15) is 0 Å². The maximum atomic E-state index is 12.1. The summed E-state index contributed by atoms with van der Waals surface area (Å²) >= 11 is 0. The first-order chi connectivity index (χ1) is 11.1. The van der Waals surface area contributed by atoms with Crippen LogP contribution in [0.1, 0.15) is 17.5 Å². The number of sulfonamides is 1. The van der Waals surface area contributed by atoms with Gasteiger partial charge >= 0.3 is 0 Å². The zero-order valence-electron chi connectivity index (χ0n) is 13.7. The Morgan fingerprint density at radius 3 is 2.54 bits per heavy atom. The summed E-state index contributed by atoms with van der Waals surface area (Å²) in [5.41, 5.74) is 1.76. The van der Waals surface area contributed by atoms with E-state index in [2.05, 4.69) is 5.32 Å². The van der Waals surface area contributed by atoms with Crippen molar-refractivity contribution >= 4 is 25.8 Å². The van der Waals surface area contributed by atoms with Gasteiger partial charge in [0.2, 0.25) is 15.9 Å². The number of amides is 1. The molecule has 0 aromatic heterocycles. The topological polar surface area (TPSA) is 101 Å². The minimum absolute atomic E-state index is 0.0525. The van der Waals surface area contributed by atoms with E-state index in [0.717, 1.165) is 21.7 Å². The zero-order valence-corrected chi connectivity index (χ0v) is 15.4. The van der Waals surface area contributed by atoms with E-state index in [9.17, 15) is 21.6 Å². The molecule has 0 aliphatic carbocycles. The normalized spacial score (nSPS) is 20.2. The highest BCUT2D eigenvalue weighted by molar-refractivity contribution is 7.91. The van der Waals surface area contributed by atoms with Crippen molar-refractivity contribution in [1.29, 1.82) is 0 Å². The van der Waals surface area contributed by atoms with Gasteiger partial charge in [0.05, 0.1) is 24.3 Å². The van der Waals surface area contributed by atoms with Crippen molar-refractivity contribution in [2.24, 2.45) is 0 Å². The van der Waals surface area contributed by atoms with Crippen molar-refractivity contribution in [3.05, 3.63) is 35.4 Å². The predicted octanol–water partition coefficient (Wildman–Crippen LogP) is 0.0599. The first-order valence-electron chi connectivity index (χ1n) is 7.56. The van der Waals surface area contributed by atoms with E-state index in [1.807, 2.05) is 31.2 Å². The van der Waals surface area contributed by atoms with Gasteiger partial charge in [0, 0.05) is 12.6 Å². The molecule has 1 aromatic rings. The molecule has 1 unspecified atom stereocenters. The van der Waals surface area contributed by atoms with E-state index in [-0.39, 0.29) is 24.6 Å². The van der Waals surface area contributed by atoms with Gasteiger partial charge in [-0.2, -0.15) is 4.31 Å². The lowest BCUT2D eigenvalue weighted by atomic mass is 10.1. The number of rotatable bonds is 6. The third kappa shape index (κ3) is 5.29. The van der Waals surface area contributed by atoms with Crippen LogP contribution in [0.2, 0.25) is 0 Å². The Balaban J connectivity index is 2.04. The number of nitrogens with zero attached hydrogens (tertiary/aromatic N) is 1. The van der Waals surface area contributed by atoms with Crippen LogP contribution >= 0.6 is 0 Å². The second-order valence-electron chi connectivity index (χ2n) is 6.13. The molecule has 2 rings (SSSR count). The average molecular weight is 374 g/mol. The van der Waals surface area contributed by atoms with Crippen molar-refractivity contribution in [2.45, 2.75) is 25.9 Å². The lowest BCUT2D eigenvalue weighted by Gasteiger charge is -2.21. The largest absolute Gasteiger partial charge is 0.351 e. The Hall–Kier alpha value is -1.45. The summed E-state index contributed by atoms with van der Waals surface area (Å²) in [6.45, 7) is 1.64. The monoisotopic (exact) mass is 374 g/mol. The van der Waals surface area contributed by atoms with Crippen molar-refractivity contribution in [3.8, 4) is 0 Å². The van der Waals surface area contributed by atoms with Crippen molar-refractivity contribution < 1.29 is 21.6 Å². The third-order valence-corrected chi connectivity index (χ3v) is 6.96. The molecule has 1 atom stereocenters. The Morgan fingerprint density at radius 1 is 1.33 bits per heavy atom. The highest BCUT2D eigenvalue weighted by atomic mass is 32.2. The van der Waals surface area contributed by atoms with E-state index < -0.39 is 31.8 Å². The van der Waals surface area contributed by atoms with Gasteiger partial charge < -0.3 is 5.32 Å². The van der Waals surface area contributed by atoms with Crippen LogP contribution in [0.3, 0.4) is 0 Å². The zero-order chi connectivity index (χ0) is 18.0. The summed E-state index contributed by atoms with van der Waals surface area (Å²) in [7, 11) is -6.68. The molecule has 134 valence electrons. The van der Waals surface area contributed by atoms with E-state index in [0.29, 0.717) is 6.42 Å². The molecule has 1 fully saturated rings. The average Bonchev–Trinajstić information content (AvgIpc) is 2.78. The van der Waals surface area contributed by atoms with Crippen molar-refractivity contribution in [1.82, 2.24) is 9.62 Å². The number of carbonyl (C=O) groups excluding carboxylic acids is 1. The number of benzene rings is 1. The SMILES string of the molecule is Cc1ccccc1CN(CC(=O)NC1CCS(=O)(=O)C1)S(C)(=O)=O. The molecule has 7 nitrogen and oxygen atoms in total. The second kappa shape index (κ2) is 7.20. The van der Waals surface area contributed by atoms with E-state index in [1.165, 1.54) is 0 Å². The molecule has 0 spiro atoms. The second-order valence-corrected chi connectivity index (χ2v) is 10.3. The molecule has 1 aliphatic heterocycles. The van der Waals surface area contributed by atoms with Gasteiger partial charge in [-0.15, -0.1) is 0 Å². The Kier molecular flexibility index (Phi) is 5.67. The quantitative estimate of drug-likeness (QED) is 0.759. The minimum atomic E-state index is -3.58. The summed E-state index contributed by atoms with van der Waals surface area (Å²) in [6.07, 6.45) is 1.42. The molecule has 1 aromatic carbocycles. The van der Waals surface area contributed by atoms with Crippen LogP contribution in [0, 0.1) is 6.92 Å². The fourth-order valence-electron chi connectivity index (χ4n) is 2.61. The fraction of sp³-hybridized carbons (Fsp3) is 0.533. The predicted molar refractivity (Wildman–Crippen MR) is 91.6 cm³/mol. The van der Waals surface area contributed by atoms with Crippen LogP contribution in [0.15, 0.2) is 24.3 Å². The molecule has 0 radical (unpaired) electrons. The highest BCUT2D eigenvalue weighted by Gasteiger charge is 2.30. The van der Waals surface area contributed by atoms with Crippen LogP contribution in [-0.4, -0.2) is 57.4 Å². The Labute approximate surface area is 143 Å². The first-order valence-corrected chi connectivity index (χ1v) is 11.2. The number of aryl methyl sites for hydroxylation is 1. The summed E-state index contributed by atoms with van der Waals surface area (Å²) in [5, 5.41) is 2.61. The standard InChI is InChI=1S/C15H22N2O5S2/c1-12-5-3-4-6-13(12)9-17(23(2,19)20)10-15(18)16-14-7-8-24(21,22)11-14/h3-6,14H,7-11H2,1-2H3,(H,16,18). The van der Waals surface area contributed by atoms with Crippen LogP contribution in [0.4, 0.5) is 0 Å². The molecule has 0 saturated carbocycles. The van der Waals surface area contributed by atoms with E-state index in [1.54, 1.807) is 0 Å². The number of hydrogen-bond acceptors (Lipinski definition) is 5. The molecule has 24 heavy (non-hydrogen) atoms. The highest BCUT2D eigenvalue weighted by Crippen LogP contribution is 2.14. The van der Waals surface area contributed by atoms with Crippen LogP contribution in [0.5, 0.6) is 0 Å². The van der Waals surface area contributed by atoms with Gasteiger partial charge in [-0.3, -0.25) is 4.79 Å². The van der Waals surface area contributed by atoms with Gasteiger partial charge in [-0.1, -0.05) is 24.3 Å². The molecule has 0 bridgehead atoms. The molecule has 1 N–H and O–H groups in total. The van der Waals surface area contributed by atoms with Crippen LogP contribution < -0.4 is 5.32 Å². The number of sulfone groups is 1. The maximum Gasteiger partial charge on any atom is 0.235 e. The smallest absolute Gasteiger partial charge is 0.235 e. The molecule has 1 amide bonds. The minimum Gasteiger partial charge on any atom is -0.351 e. The van der Waals surface area contributed by atoms with Crippen molar-refractivity contribution in [2.75, 3.05) is 24.3 Å². The molecular formula is C15H22N2O5S2. The van der Waals surface area contributed by atoms with Gasteiger partial charge in [-0.05, 0) is 24.5 Å². The van der Waals surface area contributed by atoms with E-state index >= 15 is 0 Å². The van der Waals surface area contributed by atoms with E-state index in [4.69, 9.17) is 0 Å². The molecule has 9 heteroatoms. The first kappa shape index (κ1) is 18.9. The van der Waals surface area contributed by atoms with Crippen LogP contribution in [0.25, 0.3) is 0 Å². The van der Waals surface area contributed by atoms with Gasteiger partial charge in [-0.25, -0.2) is 16.8 Å². The summed E-state index contributed by atoms with van der Waals surface area (Å²) in [5.74, 6) is -0.525. The number of nitrogens with one attached hydrogen (secondary N) is 1. The summed E-state index contributed by atoms with van der Waals surface area (Å²) in [4.78, 5) is 12.1. The van der Waals surface area contributed by atoms with Gasteiger partial charge in [0.25, 0.3) is 0 Å². The maximum absolute atomic E-state index is 12.1. The lowest BCUT2D eigenvalue weighted by Crippen LogP contribution is -2.44.